The van der Waals surface area contributed by atoms with E-state index in [0.717, 1.165) is 36.2 Å². The van der Waals surface area contributed by atoms with Crippen LogP contribution < -0.4 is 4.74 Å². The third-order valence-electron chi connectivity index (χ3n) is 3.92. The highest BCUT2D eigenvalue weighted by molar-refractivity contribution is 7.98. The first-order chi connectivity index (χ1) is 8.86. The zero-order valence-electron chi connectivity index (χ0n) is 10.7. The molecular weight excluding hydrogens is 266 g/mol. The Bertz CT molecular complexity index is 390. The Balaban J connectivity index is 1.63. The fourth-order valence-corrected chi connectivity index (χ4v) is 3.76. The van der Waals surface area contributed by atoms with E-state index >= 15 is 0 Å². The average molecular weight is 285 g/mol. The van der Waals surface area contributed by atoms with Gasteiger partial charge < -0.3 is 4.74 Å². The van der Waals surface area contributed by atoms with Crippen molar-refractivity contribution in [1.29, 1.82) is 0 Å². The zero-order chi connectivity index (χ0) is 12.4. The van der Waals surface area contributed by atoms with Crippen LogP contribution in [0.15, 0.2) is 0 Å². The molecule has 4 nitrogen and oxygen atoms in total. The number of hydrogen-bond acceptors (Lipinski definition) is 6. The van der Waals surface area contributed by atoms with Crippen molar-refractivity contribution in [2.45, 2.75) is 25.4 Å². The van der Waals surface area contributed by atoms with E-state index in [0.29, 0.717) is 6.10 Å². The van der Waals surface area contributed by atoms with Crippen LogP contribution in [0.3, 0.4) is 0 Å². The van der Waals surface area contributed by atoms with Crippen LogP contribution in [-0.2, 0) is 6.42 Å². The first-order valence-corrected chi connectivity index (χ1v) is 8.68. The summed E-state index contributed by atoms with van der Waals surface area (Å²) in [4.78, 5) is 2.51. The van der Waals surface area contributed by atoms with Gasteiger partial charge in [-0.2, -0.15) is 16.1 Å². The van der Waals surface area contributed by atoms with Crippen LogP contribution in [0, 0.1) is 5.92 Å². The standard InChI is InChI=1S/C12H19N3OS2/c1-17-7-4-10-12(14-18-13-10)16-11-8-15-5-2-9(11)3-6-15/h9,11H,2-8H2,1H3/t11-/m0/s1. The minimum atomic E-state index is 0.337. The molecule has 3 aliphatic rings. The van der Waals surface area contributed by atoms with E-state index in [1.54, 1.807) is 0 Å². The molecule has 0 aromatic carbocycles. The van der Waals surface area contributed by atoms with E-state index in [1.165, 1.54) is 37.7 Å². The average Bonchev–Trinajstić information content (AvgIpc) is 2.85. The van der Waals surface area contributed by atoms with Gasteiger partial charge in [0.25, 0.3) is 0 Å². The van der Waals surface area contributed by atoms with E-state index in [1.807, 2.05) is 11.8 Å². The lowest BCUT2D eigenvalue weighted by Crippen LogP contribution is -2.52. The van der Waals surface area contributed by atoms with Gasteiger partial charge in [-0.3, -0.25) is 4.90 Å². The van der Waals surface area contributed by atoms with E-state index in [-0.39, 0.29) is 0 Å². The third kappa shape index (κ3) is 2.65. The topological polar surface area (TPSA) is 38.3 Å². The van der Waals surface area contributed by atoms with E-state index in [4.69, 9.17) is 4.74 Å². The molecule has 1 aromatic rings. The predicted octanol–water partition coefficient (Wildman–Crippen LogP) is 1.92. The normalized spacial score (nSPS) is 30.6. The largest absolute Gasteiger partial charge is 0.471 e. The van der Waals surface area contributed by atoms with Gasteiger partial charge in [0.2, 0.25) is 5.88 Å². The molecule has 4 rings (SSSR count). The smallest absolute Gasteiger partial charge is 0.249 e. The highest BCUT2D eigenvalue weighted by Gasteiger charge is 2.36. The molecule has 3 fully saturated rings. The van der Waals surface area contributed by atoms with Crippen LogP contribution in [0.5, 0.6) is 5.88 Å². The number of nitrogens with zero attached hydrogens (tertiary/aromatic N) is 3. The van der Waals surface area contributed by atoms with Crippen molar-refractivity contribution in [1.82, 2.24) is 13.6 Å². The summed E-state index contributed by atoms with van der Waals surface area (Å²) in [5.74, 6) is 2.61. The van der Waals surface area contributed by atoms with Gasteiger partial charge in [-0.05, 0) is 43.9 Å². The van der Waals surface area contributed by atoms with Gasteiger partial charge in [0, 0.05) is 13.0 Å². The van der Waals surface area contributed by atoms with Crippen molar-refractivity contribution in [2.24, 2.45) is 5.92 Å². The Morgan fingerprint density at radius 3 is 2.89 bits per heavy atom. The fraction of sp³-hybridized carbons (Fsp3) is 0.833. The van der Waals surface area contributed by atoms with Gasteiger partial charge in [0.15, 0.2) is 0 Å². The number of fused-ring (bicyclic) bond motifs is 3. The molecule has 2 bridgehead atoms. The van der Waals surface area contributed by atoms with Crippen LogP contribution in [0.2, 0.25) is 0 Å². The lowest BCUT2D eigenvalue weighted by Gasteiger charge is -2.44. The molecule has 1 aromatic heterocycles. The Morgan fingerprint density at radius 1 is 1.39 bits per heavy atom. The first-order valence-electron chi connectivity index (χ1n) is 6.56. The fourth-order valence-electron chi connectivity index (χ4n) is 2.83. The number of rotatable bonds is 5. The maximum atomic E-state index is 6.14. The minimum Gasteiger partial charge on any atom is -0.471 e. The second-order valence-electron chi connectivity index (χ2n) is 5.05. The molecule has 0 unspecified atom stereocenters. The molecular formula is C12H19N3OS2. The summed E-state index contributed by atoms with van der Waals surface area (Å²) in [6.07, 6.45) is 5.98. The van der Waals surface area contributed by atoms with Crippen LogP contribution in [0.1, 0.15) is 18.5 Å². The predicted molar refractivity (Wildman–Crippen MR) is 75.6 cm³/mol. The molecule has 1 atom stereocenters. The highest BCUT2D eigenvalue weighted by atomic mass is 32.2. The summed E-state index contributed by atoms with van der Waals surface area (Å²) in [5.41, 5.74) is 1.05. The molecule has 6 heteroatoms. The molecule has 3 aliphatic heterocycles. The molecule has 0 amide bonds. The Labute approximate surface area is 116 Å². The molecule has 0 saturated carbocycles. The maximum absolute atomic E-state index is 6.14. The lowest BCUT2D eigenvalue weighted by atomic mass is 9.86. The van der Waals surface area contributed by atoms with Crippen molar-refractivity contribution in [3.63, 3.8) is 0 Å². The second kappa shape index (κ2) is 5.75. The molecule has 3 saturated heterocycles. The number of aryl methyl sites for hydroxylation is 1. The van der Waals surface area contributed by atoms with Crippen molar-refractivity contribution in [3.05, 3.63) is 5.69 Å². The molecule has 0 spiro atoms. The maximum Gasteiger partial charge on any atom is 0.249 e. The number of aromatic nitrogens is 2. The van der Waals surface area contributed by atoms with Crippen molar-refractivity contribution >= 4 is 23.5 Å². The highest BCUT2D eigenvalue weighted by Crippen LogP contribution is 2.31. The Morgan fingerprint density at radius 2 is 2.22 bits per heavy atom. The lowest BCUT2D eigenvalue weighted by molar-refractivity contribution is -0.01000. The van der Waals surface area contributed by atoms with E-state index in [9.17, 15) is 0 Å². The van der Waals surface area contributed by atoms with E-state index < -0.39 is 0 Å². The summed E-state index contributed by atoms with van der Waals surface area (Å²) in [5, 5.41) is 0. The van der Waals surface area contributed by atoms with Crippen molar-refractivity contribution in [3.8, 4) is 5.88 Å². The van der Waals surface area contributed by atoms with Gasteiger partial charge in [-0.25, -0.2) is 0 Å². The van der Waals surface area contributed by atoms with Gasteiger partial charge in [-0.1, -0.05) is 0 Å². The van der Waals surface area contributed by atoms with Crippen LogP contribution in [0.4, 0.5) is 0 Å². The van der Waals surface area contributed by atoms with Crippen LogP contribution >= 0.6 is 23.5 Å². The third-order valence-corrected chi connectivity index (χ3v) is 5.09. The quantitative estimate of drug-likeness (QED) is 0.826. The molecule has 0 aliphatic carbocycles. The van der Waals surface area contributed by atoms with Gasteiger partial charge in [0.1, 0.15) is 11.8 Å². The molecule has 4 heterocycles. The van der Waals surface area contributed by atoms with Crippen molar-refractivity contribution < 1.29 is 4.74 Å². The van der Waals surface area contributed by atoms with Crippen LogP contribution in [0.25, 0.3) is 0 Å². The second-order valence-corrected chi connectivity index (χ2v) is 6.57. The summed E-state index contributed by atoms with van der Waals surface area (Å²) < 4.78 is 14.8. The number of ether oxygens (including phenoxy) is 1. The Hall–Kier alpha value is -0.330. The molecule has 100 valence electrons. The summed E-state index contributed by atoms with van der Waals surface area (Å²) in [7, 11) is 0. The summed E-state index contributed by atoms with van der Waals surface area (Å²) in [6, 6.07) is 0. The Kier molecular flexibility index (Phi) is 4.06. The molecule has 18 heavy (non-hydrogen) atoms. The van der Waals surface area contributed by atoms with Crippen molar-refractivity contribution in [2.75, 3.05) is 31.6 Å². The van der Waals surface area contributed by atoms with Gasteiger partial charge in [-0.15, -0.1) is 4.37 Å². The van der Waals surface area contributed by atoms with Gasteiger partial charge in [0.05, 0.1) is 11.7 Å². The number of hydrogen-bond donors (Lipinski definition) is 0. The summed E-state index contributed by atoms with van der Waals surface area (Å²) >= 11 is 3.12. The molecule has 0 N–H and O–H groups in total. The van der Waals surface area contributed by atoms with Crippen LogP contribution in [-0.4, -0.2) is 51.4 Å². The summed E-state index contributed by atoms with van der Waals surface area (Å²) in [6.45, 7) is 3.57. The van der Waals surface area contributed by atoms with Gasteiger partial charge >= 0.3 is 0 Å². The number of piperidine rings is 3. The first kappa shape index (κ1) is 12.7. The monoisotopic (exact) mass is 285 g/mol. The zero-order valence-corrected chi connectivity index (χ0v) is 12.3. The molecule has 0 radical (unpaired) electrons. The SMILES string of the molecule is CSCCc1nsnc1O[C@H]1CN2CCC1CC2. The van der Waals surface area contributed by atoms with E-state index in [2.05, 4.69) is 19.9 Å². The minimum absolute atomic E-state index is 0.337. The number of thioether (sulfide) groups is 1.